The van der Waals surface area contributed by atoms with Gasteiger partial charge in [-0.25, -0.2) is 4.98 Å². The van der Waals surface area contributed by atoms with Gasteiger partial charge >= 0.3 is 0 Å². The summed E-state index contributed by atoms with van der Waals surface area (Å²) in [7, 11) is 0. The topological polar surface area (TPSA) is 115 Å². The van der Waals surface area contributed by atoms with Crippen LogP contribution in [0.25, 0.3) is 11.2 Å². The second-order valence-electron chi connectivity index (χ2n) is 6.38. The number of nitrogens with one attached hydrogen (secondary N) is 3. The molecule has 2 aromatic heterocycles. The lowest BCUT2D eigenvalue weighted by molar-refractivity contribution is 0.173. The number of fused-ring (bicyclic) bond motifs is 3. The summed E-state index contributed by atoms with van der Waals surface area (Å²) in [4.78, 5) is 16.4. The molecule has 4 aromatic rings. The highest BCUT2D eigenvalue weighted by molar-refractivity contribution is 5.86. The third-order valence-electron chi connectivity index (χ3n) is 4.55. The van der Waals surface area contributed by atoms with Gasteiger partial charge in [-0.3, -0.25) is 0 Å². The molecule has 0 bridgehead atoms. The van der Waals surface area contributed by atoms with E-state index in [1.165, 1.54) is 0 Å². The highest BCUT2D eigenvalue weighted by Crippen LogP contribution is 2.37. The third kappa shape index (κ3) is 2.78. The minimum atomic E-state index is 0.220. The first-order chi connectivity index (χ1) is 14.3. The number of benzene rings is 2. The molecule has 144 valence electrons. The zero-order valence-corrected chi connectivity index (χ0v) is 14.9. The summed E-state index contributed by atoms with van der Waals surface area (Å²) in [6, 6.07) is 11.1. The maximum atomic E-state index is 5.44. The number of imidazole rings is 1. The van der Waals surface area contributed by atoms with Crippen LogP contribution in [0.15, 0.2) is 42.7 Å². The molecule has 0 saturated heterocycles. The second-order valence-corrected chi connectivity index (χ2v) is 6.38. The fourth-order valence-corrected chi connectivity index (χ4v) is 3.19. The van der Waals surface area contributed by atoms with Gasteiger partial charge in [-0.05, 0) is 24.3 Å². The molecule has 10 heteroatoms. The average Bonchev–Trinajstić information content (AvgIpc) is 3.47. The van der Waals surface area contributed by atoms with Crippen molar-refractivity contribution in [3.05, 3.63) is 42.7 Å². The first kappa shape index (κ1) is 15.8. The Morgan fingerprint density at radius 1 is 0.759 bits per heavy atom. The van der Waals surface area contributed by atoms with Crippen LogP contribution in [0.1, 0.15) is 0 Å². The van der Waals surface area contributed by atoms with Crippen LogP contribution in [0.3, 0.4) is 0 Å². The molecular weight excluding hydrogens is 376 g/mol. The van der Waals surface area contributed by atoms with E-state index in [1.807, 2.05) is 36.4 Å². The Labute approximate surface area is 163 Å². The number of aromatic amines is 1. The molecule has 3 N–H and O–H groups in total. The van der Waals surface area contributed by atoms with Crippen LogP contribution in [0, 0.1) is 0 Å². The summed E-state index contributed by atoms with van der Waals surface area (Å²) in [5.41, 5.74) is 2.81. The molecule has 0 atom stereocenters. The zero-order valence-electron chi connectivity index (χ0n) is 14.9. The molecule has 0 radical (unpaired) electrons. The van der Waals surface area contributed by atoms with Crippen molar-refractivity contribution in [1.29, 1.82) is 0 Å². The minimum Gasteiger partial charge on any atom is -0.454 e. The van der Waals surface area contributed by atoms with Gasteiger partial charge in [-0.15, -0.1) is 0 Å². The smallest absolute Gasteiger partial charge is 0.231 e. The summed E-state index contributed by atoms with van der Waals surface area (Å²) >= 11 is 0. The monoisotopic (exact) mass is 390 g/mol. The summed E-state index contributed by atoms with van der Waals surface area (Å²) < 4.78 is 21.6. The van der Waals surface area contributed by atoms with Crippen molar-refractivity contribution in [2.75, 3.05) is 24.2 Å². The van der Waals surface area contributed by atoms with Crippen LogP contribution in [-0.4, -0.2) is 33.5 Å². The quantitative estimate of drug-likeness (QED) is 0.483. The average molecular weight is 390 g/mol. The van der Waals surface area contributed by atoms with E-state index in [0.29, 0.717) is 40.2 Å². The standard InChI is InChI=1S/C19H14N6O4/c1-3-12-14(28-8-26-12)5-10(1)22-18-16-17(21-7-20-16)24-19(25-18)23-11-2-4-13-15(6-11)29-9-27-13/h1-7H,8-9H2,(H3,20,21,22,23,24,25). The number of ether oxygens (including phenoxy) is 4. The van der Waals surface area contributed by atoms with Crippen LogP contribution in [0.5, 0.6) is 23.0 Å². The van der Waals surface area contributed by atoms with Crippen molar-refractivity contribution in [3.8, 4) is 23.0 Å². The zero-order chi connectivity index (χ0) is 19.2. The van der Waals surface area contributed by atoms with Gasteiger partial charge < -0.3 is 34.6 Å². The lowest BCUT2D eigenvalue weighted by Crippen LogP contribution is -2.02. The summed E-state index contributed by atoms with van der Waals surface area (Å²) in [5.74, 6) is 3.76. The van der Waals surface area contributed by atoms with E-state index in [0.717, 1.165) is 17.1 Å². The van der Waals surface area contributed by atoms with Crippen molar-refractivity contribution in [2.45, 2.75) is 0 Å². The summed E-state index contributed by atoms with van der Waals surface area (Å²) in [6.45, 7) is 0.443. The normalized spacial score (nSPS) is 13.7. The van der Waals surface area contributed by atoms with Crippen molar-refractivity contribution >= 4 is 34.3 Å². The molecule has 2 aliphatic rings. The summed E-state index contributed by atoms with van der Waals surface area (Å²) in [5, 5.41) is 6.48. The number of anilines is 4. The molecule has 2 aliphatic heterocycles. The van der Waals surface area contributed by atoms with Crippen LogP contribution < -0.4 is 29.6 Å². The van der Waals surface area contributed by atoms with E-state index < -0.39 is 0 Å². The Morgan fingerprint density at radius 3 is 2.14 bits per heavy atom. The molecule has 10 nitrogen and oxygen atoms in total. The molecule has 2 aromatic carbocycles. The number of H-pyrrole nitrogens is 1. The highest BCUT2D eigenvalue weighted by atomic mass is 16.7. The Bertz CT molecular complexity index is 1240. The van der Waals surface area contributed by atoms with E-state index >= 15 is 0 Å². The Balaban J connectivity index is 1.34. The van der Waals surface area contributed by atoms with Crippen molar-refractivity contribution in [3.63, 3.8) is 0 Å². The largest absolute Gasteiger partial charge is 0.454 e. The molecule has 0 amide bonds. The van der Waals surface area contributed by atoms with Gasteiger partial charge in [0.1, 0.15) is 5.52 Å². The molecule has 4 heterocycles. The number of aromatic nitrogens is 4. The molecule has 0 fully saturated rings. The van der Waals surface area contributed by atoms with Crippen molar-refractivity contribution in [2.24, 2.45) is 0 Å². The van der Waals surface area contributed by atoms with Crippen molar-refractivity contribution < 1.29 is 18.9 Å². The third-order valence-corrected chi connectivity index (χ3v) is 4.55. The molecular formula is C19H14N6O4. The molecule has 6 rings (SSSR count). The maximum Gasteiger partial charge on any atom is 0.231 e. The molecule has 0 unspecified atom stereocenters. The summed E-state index contributed by atoms with van der Waals surface area (Å²) in [6.07, 6.45) is 1.58. The number of hydrogen-bond donors (Lipinski definition) is 3. The van der Waals surface area contributed by atoms with Gasteiger partial charge in [-0.2, -0.15) is 9.97 Å². The molecule has 29 heavy (non-hydrogen) atoms. The lowest BCUT2D eigenvalue weighted by Gasteiger charge is -2.10. The van der Waals surface area contributed by atoms with Gasteiger partial charge in [0.2, 0.25) is 19.5 Å². The highest BCUT2D eigenvalue weighted by Gasteiger charge is 2.17. The number of rotatable bonds is 4. The molecule has 0 spiro atoms. The fraction of sp³-hybridized carbons (Fsp3) is 0.105. The van der Waals surface area contributed by atoms with E-state index in [4.69, 9.17) is 18.9 Å². The van der Waals surface area contributed by atoms with E-state index in [-0.39, 0.29) is 13.6 Å². The maximum absolute atomic E-state index is 5.44. The predicted molar refractivity (Wildman–Crippen MR) is 103 cm³/mol. The molecule has 0 aliphatic carbocycles. The Morgan fingerprint density at radius 2 is 1.41 bits per heavy atom. The van der Waals surface area contributed by atoms with Crippen LogP contribution >= 0.6 is 0 Å². The van der Waals surface area contributed by atoms with Gasteiger partial charge in [0.25, 0.3) is 0 Å². The van der Waals surface area contributed by atoms with Crippen LogP contribution in [-0.2, 0) is 0 Å². The Hall–Kier alpha value is -4.21. The van der Waals surface area contributed by atoms with Gasteiger partial charge in [0.05, 0.1) is 6.33 Å². The number of hydrogen-bond acceptors (Lipinski definition) is 9. The lowest BCUT2D eigenvalue weighted by atomic mass is 10.2. The minimum absolute atomic E-state index is 0.220. The van der Waals surface area contributed by atoms with Gasteiger partial charge in [0, 0.05) is 23.5 Å². The fourth-order valence-electron chi connectivity index (χ4n) is 3.19. The van der Waals surface area contributed by atoms with Gasteiger partial charge in [0.15, 0.2) is 34.5 Å². The SMILES string of the molecule is c1nc2nc(Nc3ccc4c(c3)OCO4)nc(Nc3ccc4c(c3)OCO4)c2[nH]1. The Kier molecular flexibility index (Phi) is 3.36. The first-order valence-corrected chi connectivity index (χ1v) is 8.86. The molecule has 0 saturated carbocycles. The van der Waals surface area contributed by atoms with E-state index in [9.17, 15) is 0 Å². The van der Waals surface area contributed by atoms with E-state index in [1.54, 1.807) is 6.33 Å². The van der Waals surface area contributed by atoms with E-state index in [2.05, 4.69) is 30.6 Å². The van der Waals surface area contributed by atoms with Crippen molar-refractivity contribution in [1.82, 2.24) is 19.9 Å². The van der Waals surface area contributed by atoms with Gasteiger partial charge in [-0.1, -0.05) is 0 Å². The predicted octanol–water partition coefficient (Wildman–Crippen LogP) is 3.30. The van der Waals surface area contributed by atoms with Crippen LogP contribution in [0.4, 0.5) is 23.1 Å². The number of nitrogens with zero attached hydrogens (tertiary/aromatic N) is 3. The van der Waals surface area contributed by atoms with Crippen LogP contribution in [0.2, 0.25) is 0 Å². The first-order valence-electron chi connectivity index (χ1n) is 8.86. The second kappa shape index (κ2) is 6.16.